The quantitative estimate of drug-likeness (QED) is 0.448. The predicted octanol–water partition coefficient (Wildman–Crippen LogP) is 2.89. The van der Waals surface area contributed by atoms with Crippen LogP contribution < -0.4 is 10.6 Å². The minimum atomic E-state index is 0. The van der Waals surface area contributed by atoms with Crippen LogP contribution in [0.3, 0.4) is 0 Å². The first-order chi connectivity index (χ1) is 9.19. The number of hydrogen-bond donors (Lipinski definition) is 2. The van der Waals surface area contributed by atoms with Crippen molar-refractivity contribution < 1.29 is 0 Å². The Morgan fingerprint density at radius 2 is 2.10 bits per heavy atom. The van der Waals surface area contributed by atoms with Crippen LogP contribution in [0.25, 0.3) is 0 Å². The number of aliphatic imine (C=N–C) groups is 1. The van der Waals surface area contributed by atoms with Crippen LogP contribution in [0.4, 0.5) is 0 Å². The second-order valence-electron chi connectivity index (χ2n) is 5.18. The highest BCUT2D eigenvalue weighted by Crippen LogP contribution is 2.25. The Hall–Kier alpha value is -0.370. The molecular weight excluding hydrogens is 383 g/mol. The molecule has 0 unspecified atom stereocenters. The number of rotatable bonds is 5. The van der Waals surface area contributed by atoms with Crippen LogP contribution in [0.15, 0.2) is 4.99 Å². The van der Waals surface area contributed by atoms with Gasteiger partial charge < -0.3 is 10.6 Å². The van der Waals surface area contributed by atoms with Crippen molar-refractivity contribution in [2.75, 3.05) is 20.1 Å². The van der Waals surface area contributed by atoms with Gasteiger partial charge in [0.25, 0.3) is 0 Å². The van der Waals surface area contributed by atoms with Gasteiger partial charge in [0, 0.05) is 31.4 Å². The lowest BCUT2D eigenvalue weighted by atomic mass is 9.85. The monoisotopic (exact) mass is 408 g/mol. The molecule has 1 heterocycles. The first-order valence-corrected chi connectivity index (χ1v) is 7.88. The number of halogens is 1. The minimum Gasteiger partial charge on any atom is -0.356 e. The van der Waals surface area contributed by atoms with E-state index in [1.165, 1.54) is 29.1 Å². The van der Waals surface area contributed by atoms with Gasteiger partial charge in [-0.1, -0.05) is 6.42 Å². The highest BCUT2D eigenvalue weighted by Gasteiger charge is 2.17. The van der Waals surface area contributed by atoms with Crippen LogP contribution in [0, 0.1) is 19.8 Å². The fourth-order valence-corrected chi connectivity index (χ4v) is 3.03. The van der Waals surface area contributed by atoms with Gasteiger partial charge in [0.2, 0.25) is 0 Å². The summed E-state index contributed by atoms with van der Waals surface area (Å²) in [6.07, 6.45) is 5.08. The molecule has 20 heavy (non-hydrogen) atoms. The molecule has 1 aliphatic carbocycles. The molecule has 0 spiro atoms. The van der Waals surface area contributed by atoms with E-state index in [2.05, 4.69) is 34.5 Å². The lowest BCUT2D eigenvalue weighted by Gasteiger charge is -2.26. The molecule has 0 radical (unpaired) electrons. The van der Waals surface area contributed by atoms with Crippen molar-refractivity contribution in [2.24, 2.45) is 10.9 Å². The van der Waals surface area contributed by atoms with Crippen LogP contribution in [0.2, 0.25) is 0 Å². The number of guanidine groups is 1. The Morgan fingerprint density at radius 1 is 1.35 bits per heavy atom. The van der Waals surface area contributed by atoms with Crippen molar-refractivity contribution in [1.29, 1.82) is 0 Å². The Balaban J connectivity index is 0.00000200. The zero-order chi connectivity index (χ0) is 13.7. The lowest BCUT2D eigenvalue weighted by Crippen LogP contribution is -2.41. The number of nitrogens with one attached hydrogen (secondary N) is 2. The zero-order valence-corrected chi connectivity index (χ0v) is 15.7. The summed E-state index contributed by atoms with van der Waals surface area (Å²) in [6.45, 7) is 6.14. The Bertz CT molecular complexity index is 421. The van der Waals surface area contributed by atoms with Crippen LogP contribution in [0.5, 0.6) is 0 Å². The number of thiazole rings is 1. The van der Waals surface area contributed by atoms with E-state index in [0.717, 1.165) is 37.1 Å². The largest absolute Gasteiger partial charge is 0.356 e. The summed E-state index contributed by atoms with van der Waals surface area (Å²) in [4.78, 5) is 10.1. The van der Waals surface area contributed by atoms with Gasteiger partial charge in [-0.25, -0.2) is 4.98 Å². The van der Waals surface area contributed by atoms with Crippen molar-refractivity contribution in [3.8, 4) is 0 Å². The standard InChI is InChI=1S/C14H24N4S.HI/c1-10-11(2)19-13(18-10)7-8-16-14(15-3)17-9-12-5-4-6-12;/h12H,4-9H2,1-3H3,(H2,15,16,17);1H. The van der Waals surface area contributed by atoms with Crippen molar-refractivity contribution in [3.05, 3.63) is 15.6 Å². The molecule has 0 atom stereocenters. The molecule has 1 aromatic heterocycles. The van der Waals surface area contributed by atoms with E-state index in [1.807, 2.05) is 7.05 Å². The van der Waals surface area contributed by atoms with Gasteiger partial charge in [0.1, 0.15) is 0 Å². The summed E-state index contributed by atoms with van der Waals surface area (Å²) in [5, 5.41) is 7.96. The normalized spacial score (nSPS) is 15.4. The average Bonchev–Trinajstić information content (AvgIpc) is 2.64. The van der Waals surface area contributed by atoms with E-state index in [9.17, 15) is 0 Å². The summed E-state index contributed by atoms with van der Waals surface area (Å²) in [5.41, 5.74) is 1.16. The molecule has 1 fully saturated rings. The maximum absolute atomic E-state index is 4.55. The third-order valence-electron chi connectivity index (χ3n) is 3.71. The fraction of sp³-hybridized carbons (Fsp3) is 0.714. The molecule has 1 aromatic rings. The molecule has 4 nitrogen and oxygen atoms in total. The maximum Gasteiger partial charge on any atom is 0.190 e. The smallest absolute Gasteiger partial charge is 0.190 e. The lowest BCUT2D eigenvalue weighted by molar-refractivity contribution is 0.314. The molecule has 2 N–H and O–H groups in total. The second-order valence-corrected chi connectivity index (χ2v) is 6.46. The number of nitrogens with zero attached hydrogens (tertiary/aromatic N) is 2. The molecule has 6 heteroatoms. The van der Waals surface area contributed by atoms with Crippen molar-refractivity contribution in [2.45, 2.75) is 39.5 Å². The van der Waals surface area contributed by atoms with E-state index in [4.69, 9.17) is 0 Å². The van der Waals surface area contributed by atoms with Crippen LogP contribution in [-0.2, 0) is 6.42 Å². The summed E-state index contributed by atoms with van der Waals surface area (Å²) in [5.74, 6) is 1.76. The molecule has 0 aliphatic heterocycles. The van der Waals surface area contributed by atoms with Gasteiger partial charge in [-0.2, -0.15) is 0 Å². The van der Waals surface area contributed by atoms with E-state index in [-0.39, 0.29) is 24.0 Å². The number of aryl methyl sites for hydroxylation is 2. The Kier molecular flexibility index (Phi) is 7.79. The molecule has 0 aromatic carbocycles. The van der Waals surface area contributed by atoms with Crippen molar-refractivity contribution >= 4 is 41.3 Å². The third-order valence-corrected chi connectivity index (χ3v) is 4.84. The molecule has 0 saturated heterocycles. The van der Waals surface area contributed by atoms with E-state index in [0.29, 0.717) is 0 Å². The SMILES string of the molecule is CN=C(NCCc1nc(C)c(C)s1)NCC1CCC1.I. The molecule has 2 rings (SSSR count). The van der Waals surface area contributed by atoms with Crippen molar-refractivity contribution in [1.82, 2.24) is 15.6 Å². The summed E-state index contributed by atoms with van der Waals surface area (Å²) in [6, 6.07) is 0. The van der Waals surface area contributed by atoms with E-state index < -0.39 is 0 Å². The topological polar surface area (TPSA) is 49.3 Å². The molecule has 114 valence electrons. The fourth-order valence-electron chi connectivity index (χ4n) is 2.09. The first kappa shape index (κ1) is 17.7. The molecule has 0 amide bonds. The molecule has 0 bridgehead atoms. The predicted molar refractivity (Wildman–Crippen MR) is 97.4 cm³/mol. The summed E-state index contributed by atoms with van der Waals surface area (Å²) in [7, 11) is 1.83. The van der Waals surface area contributed by atoms with Crippen molar-refractivity contribution in [3.63, 3.8) is 0 Å². The minimum absolute atomic E-state index is 0. The van der Waals surface area contributed by atoms with Gasteiger partial charge in [0.05, 0.1) is 10.7 Å². The first-order valence-electron chi connectivity index (χ1n) is 7.06. The number of aromatic nitrogens is 1. The van der Waals surface area contributed by atoms with Gasteiger partial charge >= 0.3 is 0 Å². The van der Waals surface area contributed by atoms with E-state index >= 15 is 0 Å². The molecular formula is C14H25IN4S. The molecule has 1 aliphatic rings. The van der Waals surface area contributed by atoms with Crippen LogP contribution >= 0.6 is 35.3 Å². The maximum atomic E-state index is 4.55. The van der Waals surface area contributed by atoms with Crippen LogP contribution in [0.1, 0.15) is 34.8 Å². The van der Waals surface area contributed by atoms with Gasteiger partial charge in [-0.15, -0.1) is 35.3 Å². The second kappa shape index (κ2) is 8.81. The zero-order valence-electron chi connectivity index (χ0n) is 12.5. The average molecular weight is 408 g/mol. The summed E-state index contributed by atoms with van der Waals surface area (Å²) >= 11 is 1.79. The molecule has 1 saturated carbocycles. The third kappa shape index (κ3) is 5.20. The number of hydrogen-bond acceptors (Lipinski definition) is 3. The summed E-state index contributed by atoms with van der Waals surface area (Å²) < 4.78 is 0. The van der Waals surface area contributed by atoms with Gasteiger partial charge in [0.15, 0.2) is 5.96 Å². The van der Waals surface area contributed by atoms with E-state index in [1.54, 1.807) is 11.3 Å². The highest BCUT2D eigenvalue weighted by molar-refractivity contribution is 14.0. The van der Waals surface area contributed by atoms with Crippen LogP contribution in [-0.4, -0.2) is 31.1 Å². The highest BCUT2D eigenvalue weighted by atomic mass is 127. The Morgan fingerprint density at radius 3 is 2.60 bits per heavy atom. The van der Waals surface area contributed by atoms with Gasteiger partial charge in [-0.3, -0.25) is 4.99 Å². The van der Waals surface area contributed by atoms with Gasteiger partial charge in [-0.05, 0) is 32.6 Å². The Labute approximate surface area is 142 Å².